The van der Waals surface area contributed by atoms with Crippen LogP contribution in [0.3, 0.4) is 0 Å². The van der Waals surface area contributed by atoms with Crippen LogP contribution in [0.2, 0.25) is 5.02 Å². The summed E-state index contributed by atoms with van der Waals surface area (Å²) in [5, 5.41) is 5.68. The molecule has 0 amide bonds. The highest BCUT2D eigenvalue weighted by molar-refractivity contribution is 7.87. The van der Waals surface area contributed by atoms with Crippen molar-refractivity contribution in [3.63, 3.8) is 0 Å². The second kappa shape index (κ2) is 9.16. The van der Waals surface area contributed by atoms with Gasteiger partial charge >= 0.3 is 6.18 Å². The summed E-state index contributed by atoms with van der Waals surface area (Å²) < 4.78 is 70.9. The molecule has 178 valence electrons. The summed E-state index contributed by atoms with van der Waals surface area (Å²) in [5.41, 5.74) is -0.0333. The number of nitrogens with one attached hydrogen (secondary N) is 1. The summed E-state index contributed by atoms with van der Waals surface area (Å²) in [4.78, 5) is 5.65. The van der Waals surface area contributed by atoms with E-state index in [1.54, 1.807) is 48.5 Å². The molecule has 0 spiro atoms. The number of rotatable bonds is 5. The Morgan fingerprint density at radius 3 is 2.24 bits per heavy atom. The maximum Gasteiger partial charge on any atom is 0.416 e. The van der Waals surface area contributed by atoms with E-state index in [0.717, 1.165) is 12.1 Å². The molecule has 34 heavy (non-hydrogen) atoms. The van der Waals surface area contributed by atoms with E-state index < -0.39 is 28.0 Å². The lowest BCUT2D eigenvalue weighted by Crippen LogP contribution is -2.45. The summed E-state index contributed by atoms with van der Waals surface area (Å²) in [6.45, 7) is 0.0161. The quantitative estimate of drug-likeness (QED) is 0.512. The van der Waals surface area contributed by atoms with Crippen molar-refractivity contribution in [2.24, 2.45) is 10.1 Å². The normalized spacial score (nSPS) is 16.3. The van der Waals surface area contributed by atoms with E-state index in [0.29, 0.717) is 27.8 Å². The molecule has 1 aliphatic heterocycles. The number of halogens is 4. The molecule has 3 N–H and O–H groups in total. The predicted molar refractivity (Wildman–Crippen MR) is 123 cm³/mol. The van der Waals surface area contributed by atoms with Crippen molar-refractivity contribution in [1.82, 2.24) is 4.72 Å². The predicted octanol–water partition coefficient (Wildman–Crippen LogP) is 4.86. The van der Waals surface area contributed by atoms with E-state index in [4.69, 9.17) is 21.5 Å². The Labute approximate surface area is 198 Å². The van der Waals surface area contributed by atoms with Crippen LogP contribution in [0.25, 0.3) is 0 Å². The fraction of sp³-hybridized carbons (Fsp3) is 0.136. The van der Waals surface area contributed by atoms with Crippen LogP contribution in [0, 0.1) is 0 Å². The van der Waals surface area contributed by atoms with Gasteiger partial charge in [0, 0.05) is 10.7 Å². The maximum atomic E-state index is 13.2. The van der Waals surface area contributed by atoms with Crippen LogP contribution in [-0.2, 0) is 16.4 Å². The number of anilines is 1. The molecule has 0 fully saturated rings. The van der Waals surface area contributed by atoms with Crippen LogP contribution in [-0.4, -0.2) is 20.9 Å². The minimum absolute atomic E-state index is 0.0161. The number of ether oxygens (including phenoxy) is 1. The van der Waals surface area contributed by atoms with Crippen molar-refractivity contribution in [3.05, 3.63) is 88.9 Å². The number of alkyl halides is 3. The van der Waals surface area contributed by atoms with Gasteiger partial charge in [-0.1, -0.05) is 23.7 Å². The second-order valence-electron chi connectivity index (χ2n) is 7.37. The van der Waals surface area contributed by atoms with Crippen molar-refractivity contribution in [2.75, 3.05) is 11.4 Å². The fourth-order valence-electron chi connectivity index (χ4n) is 3.48. The number of hydrogen-bond acceptors (Lipinski definition) is 5. The molecule has 0 aliphatic carbocycles. The fourth-order valence-corrected chi connectivity index (χ4v) is 4.02. The Morgan fingerprint density at radius 1 is 1.03 bits per heavy atom. The van der Waals surface area contributed by atoms with Crippen LogP contribution in [0.5, 0.6) is 11.5 Å². The third-order valence-corrected chi connectivity index (χ3v) is 5.67. The first kappa shape index (κ1) is 23.9. The molecule has 3 aromatic rings. The van der Waals surface area contributed by atoms with Crippen molar-refractivity contribution >= 4 is 33.5 Å². The van der Waals surface area contributed by atoms with E-state index in [9.17, 15) is 21.6 Å². The second-order valence-corrected chi connectivity index (χ2v) is 9.10. The molecule has 1 heterocycles. The Morgan fingerprint density at radius 2 is 1.65 bits per heavy atom. The molecule has 1 atom stereocenters. The zero-order valence-electron chi connectivity index (χ0n) is 17.3. The van der Waals surface area contributed by atoms with E-state index >= 15 is 0 Å². The molecule has 0 saturated carbocycles. The standard InChI is InChI=1S/C22H18ClF3N4O3S/c23-16-4-8-18(9-5-16)33-19-10-6-17(7-11-19)30-20(13-28-21(30)29-34(27,31)32)14-2-1-3-15(12-14)22(24,25)26/h1-12,20H,13H2,(H,28,29)(H2,27,31,32). The molecule has 0 saturated heterocycles. The minimum Gasteiger partial charge on any atom is -0.457 e. The largest absolute Gasteiger partial charge is 0.457 e. The maximum absolute atomic E-state index is 13.2. The molecule has 0 bridgehead atoms. The SMILES string of the molecule is NS(=O)(=O)NC1=NCC(c2cccc(C(F)(F)F)c2)N1c1ccc(Oc2ccc(Cl)cc2)cc1. The number of benzene rings is 3. The molecule has 7 nitrogen and oxygen atoms in total. The van der Waals surface area contributed by atoms with E-state index in [1.807, 2.05) is 0 Å². The highest BCUT2D eigenvalue weighted by atomic mass is 35.5. The van der Waals surface area contributed by atoms with Gasteiger partial charge in [0.2, 0.25) is 5.96 Å². The third kappa shape index (κ3) is 5.61. The van der Waals surface area contributed by atoms with Gasteiger partial charge in [0.1, 0.15) is 11.5 Å². The lowest BCUT2D eigenvalue weighted by molar-refractivity contribution is -0.137. The Hall–Kier alpha value is -3.28. The van der Waals surface area contributed by atoms with Gasteiger partial charge < -0.3 is 9.64 Å². The number of nitrogens with two attached hydrogens (primary N) is 1. The van der Waals surface area contributed by atoms with Gasteiger partial charge in [0.25, 0.3) is 10.2 Å². The van der Waals surface area contributed by atoms with Crippen LogP contribution < -0.4 is 19.5 Å². The molecule has 1 unspecified atom stereocenters. The molecule has 1 aliphatic rings. The number of hydrogen-bond donors (Lipinski definition) is 2. The summed E-state index contributed by atoms with van der Waals surface area (Å²) in [7, 11) is -4.18. The van der Waals surface area contributed by atoms with Gasteiger partial charge in [-0.25, -0.2) is 14.9 Å². The first-order valence-electron chi connectivity index (χ1n) is 9.84. The molecule has 3 aromatic carbocycles. The zero-order valence-corrected chi connectivity index (χ0v) is 18.9. The molecule has 0 radical (unpaired) electrons. The van der Waals surface area contributed by atoms with Crippen molar-refractivity contribution in [3.8, 4) is 11.5 Å². The Bertz CT molecular complexity index is 1310. The zero-order chi connectivity index (χ0) is 24.5. The van der Waals surface area contributed by atoms with Crippen LogP contribution in [0.15, 0.2) is 77.8 Å². The highest BCUT2D eigenvalue weighted by Gasteiger charge is 2.35. The van der Waals surface area contributed by atoms with Crippen molar-refractivity contribution < 1.29 is 26.3 Å². The van der Waals surface area contributed by atoms with Gasteiger partial charge in [-0.05, 0) is 66.2 Å². The molecular formula is C22H18ClF3N4O3S. The highest BCUT2D eigenvalue weighted by Crippen LogP contribution is 2.36. The molecule has 0 aromatic heterocycles. The topological polar surface area (TPSA) is 97.0 Å². The molecular weight excluding hydrogens is 493 g/mol. The van der Waals surface area contributed by atoms with Gasteiger partial charge in [-0.3, -0.25) is 0 Å². The molecule has 4 rings (SSSR count). The lowest BCUT2D eigenvalue weighted by atomic mass is 10.0. The smallest absolute Gasteiger partial charge is 0.416 e. The summed E-state index contributed by atoms with van der Waals surface area (Å²) >= 11 is 5.87. The number of nitrogens with zero attached hydrogens (tertiary/aromatic N) is 2. The molecule has 12 heteroatoms. The van der Waals surface area contributed by atoms with E-state index in [-0.39, 0.29) is 12.5 Å². The monoisotopic (exact) mass is 510 g/mol. The van der Waals surface area contributed by atoms with Gasteiger partial charge in [0.05, 0.1) is 18.2 Å². The Balaban J connectivity index is 1.65. The first-order valence-corrected chi connectivity index (χ1v) is 11.8. The van der Waals surface area contributed by atoms with Crippen LogP contribution in [0.4, 0.5) is 18.9 Å². The van der Waals surface area contributed by atoms with Gasteiger partial charge in [-0.15, -0.1) is 0 Å². The Kier molecular flexibility index (Phi) is 6.43. The average Bonchev–Trinajstić information content (AvgIpc) is 3.17. The number of guanidine groups is 1. The average molecular weight is 511 g/mol. The van der Waals surface area contributed by atoms with E-state index in [1.165, 1.54) is 17.0 Å². The minimum atomic E-state index is -4.53. The van der Waals surface area contributed by atoms with Crippen LogP contribution >= 0.6 is 11.6 Å². The van der Waals surface area contributed by atoms with Crippen molar-refractivity contribution in [2.45, 2.75) is 12.2 Å². The van der Waals surface area contributed by atoms with Crippen LogP contribution in [0.1, 0.15) is 17.2 Å². The van der Waals surface area contributed by atoms with Gasteiger partial charge in [-0.2, -0.15) is 21.6 Å². The lowest BCUT2D eigenvalue weighted by Gasteiger charge is -2.28. The summed E-state index contributed by atoms with van der Waals surface area (Å²) in [5.74, 6) is 0.938. The van der Waals surface area contributed by atoms with Crippen molar-refractivity contribution in [1.29, 1.82) is 0 Å². The van der Waals surface area contributed by atoms with Gasteiger partial charge in [0.15, 0.2) is 0 Å². The van der Waals surface area contributed by atoms with E-state index in [2.05, 4.69) is 9.71 Å². The summed E-state index contributed by atoms with van der Waals surface area (Å²) in [6, 6.07) is 17.4. The first-order chi connectivity index (χ1) is 16.0. The summed E-state index contributed by atoms with van der Waals surface area (Å²) in [6.07, 6.45) is -4.53. The number of aliphatic imine (C=N–C) groups is 1. The third-order valence-electron chi connectivity index (χ3n) is 4.95.